The monoisotopic (exact) mass is 474 g/mol. The Bertz CT molecular complexity index is 621. The molecule has 1 rings (SSSR count). The lowest BCUT2D eigenvalue weighted by Crippen LogP contribution is -2.39. The minimum Gasteiger partial charge on any atom is -0.492 e. The lowest BCUT2D eigenvalue weighted by atomic mass is 10.2. The minimum atomic E-state index is -0.588. The van der Waals surface area contributed by atoms with Gasteiger partial charge in [0, 0.05) is 30.3 Å². The largest absolute Gasteiger partial charge is 0.492 e. The van der Waals surface area contributed by atoms with Gasteiger partial charge in [0.1, 0.15) is 18.0 Å². The van der Waals surface area contributed by atoms with E-state index in [4.69, 9.17) is 9.47 Å². The van der Waals surface area contributed by atoms with E-state index in [0.717, 1.165) is 9.32 Å². The first-order chi connectivity index (χ1) is 12.1. The molecule has 0 saturated carbocycles. The zero-order chi connectivity index (χ0) is 19.7. The summed E-state index contributed by atoms with van der Waals surface area (Å²) >= 11 is 2.23. The van der Waals surface area contributed by atoms with E-state index >= 15 is 0 Å². The molecule has 0 fully saturated rings. The molecule has 1 aromatic carbocycles. The van der Waals surface area contributed by atoms with Crippen LogP contribution in [-0.4, -0.2) is 61.2 Å². The summed E-state index contributed by atoms with van der Waals surface area (Å²) in [7, 11) is 3.35. The number of likely N-dealkylation sites (N-methyl/N-ethyl adjacent to an activating group) is 1. The number of ether oxygens (including phenoxy) is 2. The van der Waals surface area contributed by atoms with Gasteiger partial charge in [0.05, 0.1) is 6.54 Å². The third-order valence-electron chi connectivity index (χ3n) is 3.12. The van der Waals surface area contributed by atoms with E-state index in [2.05, 4.69) is 22.6 Å². The predicted octanol–water partition coefficient (Wildman–Crippen LogP) is 3.55. The van der Waals surface area contributed by atoms with Crippen molar-refractivity contribution in [1.82, 2.24) is 9.80 Å². The second-order valence-electron chi connectivity index (χ2n) is 6.86. The van der Waals surface area contributed by atoms with Gasteiger partial charge in [-0.2, -0.15) is 0 Å². The molecule has 0 aromatic heterocycles. The fourth-order valence-electron chi connectivity index (χ4n) is 1.82. The molecule has 0 aliphatic rings. The summed E-state index contributed by atoms with van der Waals surface area (Å²) in [5.41, 5.74) is -0.588. The second-order valence-corrected chi connectivity index (χ2v) is 8.11. The lowest BCUT2D eigenvalue weighted by Gasteiger charge is -2.26. The van der Waals surface area contributed by atoms with Crippen LogP contribution in [0.3, 0.4) is 0 Å². The second kappa shape index (κ2) is 10.4. The highest BCUT2D eigenvalue weighted by atomic mass is 127. The van der Waals surface area contributed by atoms with E-state index in [0.29, 0.717) is 13.2 Å². The van der Waals surface area contributed by atoms with E-state index in [1.165, 1.54) is 15.9 Å². The van der Waals surface area contributed by atoms with Gasteiger partial charge in [-0.05, 0) is 67.6 Å². The number of hydrogen-bond acceptors (Lipinski definition) is 4. The molecule has 26 heavy (non-hydrogen) atoms. The Morgan fingerprint density at radius 2 is 1.77 bits per heavy atom. The molecule has 1 aromatic rings. The van der Waals surface area contributed by atoms with Crippen LogP contribution in [0.15, 0.2) is 36.4 Å². The quantitative estimate of drug-likeness (QED) is 0.448. The third kappa shape index (κ3) is 9.07. The number of carbonyl (C=O) groups excluding carboxylic acids is 2. The summed E-state index contributed by atoms with van der Waals surface area (Å²) in [6, 6.07) is 7.68. The predicted molar refractivity (Wildman–Crippen MR) is 110 cm³/mol. The third-order valence-corrected chi connectivity index (χ3v) is 3.84. The smallest absolute Gasteiger partial charge is 0.410 e. The molecule has 6 nitrogen and oxygen atoms in total. The van der Waals surface area contributed by atoms with Crippen LogP contribution in [0, 0.1) is 3.57 Å². The van der Waals surface area contributed by atoms with Crippen LogP contribution in [0.2, 0.25) is 0 Å². The molecule has 0 bridgehead atoms. The van der Waals surface area contributed by atoms with Crippen molar-refractivity contribution in [2.24, 2.45) is 0 Å². The average Bonchev–Trinajstić information content (AvgIpc) is 2.53. The van der Waals surface area contributed by atoms with Gasteiger partial charge in [-0.15, -0.1) is 0 Å². The van der Waals surface area contributed by atoms with E-state index in [1.807, 2.05) is 45.0 Å². The zero-order valence-electron chi connectivity index (χ0n) is 16.0. The van der Waals surface area contributed by atoms with Gasteiger partial charge in [-0.25, -0.2) is 4.79 Å². The average molecular weight is 474 g/mol. The Labute approximate surface area is 169 Å². The van der Waals surface area contributed by atoms with Crippen molar-refractivity contribution in [3.63, 3.8) is 0 Å². The van der Waals surface area contributed by atoms with Gasteiger partial charge in [0.15, 0.2) is 0 Å². The van der Waals surface area contributed by atoms with Crippen LogP contribution in [0.4, 0.5) is 4.79 Å². The first-order valence-corrected chi connectivity index (χ1v) is 9.40. The van der Waals surface area contributed by atoms with Crippen molar-refractivity contribution >= 4 is 34.6 Å². The van der Waals surface area contributed by atoms with Crippen molar-refractivity contribution in [1.29, 1.82) is 0 Å². The SMILES string of the molecule is CN(C)C(=O)/C=C/CN(CCOc1ccc(I)cc1)C(=O)OC(C)(C)C. The molecule has 0 saturated heterocycles. The van der Waals surface area contributed by atoms with Gasteiger partial charge in [0.25, 0.3) is 0 Å². The van der Waals surface area contributed by atoms with E-state index in [1.54, 1.807) is 20.2 Å². The standard InChI is InChI=1S/C19H27IN2O4/c1-19(2,3)26-18(24)22(12-6-7-17(23)21(4)5)13-14-25-16-10-8-15(20)9-11-16/h6-11H,12-14H2,1-5H3/b7-6+. The van der Waals surface area contributed by atoms with Crippen LogP contribution in [0.5, 0.6) is 5.75 Å². The molecule has 0 unspecified atom stereocenters. The highest BCUT2D eigenvalue weighted by molar-refractivity contribution is 14.1. The summed E-state index contributed by atoms with van der Waals surface area (Å²) in [4.78, 5) is 27.0. The van der Waals surface area contributed by atoms with Crippen molar-refractivity contribution in [2.45, 2.75) is 26.4 Å². The summed E-state index contributed by atoms with van der Waals surface area (Å²) in [6.45, 7) is 6.39. The maximum Gasteiger partial charge on any atom is 0.410 e. The number of carbonyl (C=O) groups is 2. The molecule has 144 valence electrons. The number of benzene rings is 1. The van der Waals surface area contributed by atoms with Gasteiger partial charge >= 0.3 is 6.09 Å². The van der Waals surface area contributed by atoms with Crippen molar-refractivity contribution in [3.8, 4) is 5.75 Å². The van der Waals surface area contributed by atoms with Crippen molar-refractivity contribution in [2.75, 3.05) is 33.8 Å². The maximum atomic E-state index is 12.4. The molecule has 2 amide bonds. The zero-order valence-corrected chi connectivity index (χ0v) is 18.1. The van der Waals surface area contributed by atoms with Gasteiger partial charge < -0.3 is 19.3 Å². The van der Waals surface area contributed by atoms with Crippen LogP contribution in [0.25, 0.3) is 0 Å². The molecule has 0 heterocycles. The summed E-state index contributed by atoms with van der Waals surface area (Å²) in [5, 5.41) is 0. The first-order valence-electron chi connectivity index (χ1n) is 8.32. The number of hydrogen-bond donors (Lipinski definition) is 0. The van der Waals surface area contributed by atoms with E-state index in [-0.39, 0.29) is 12.5 Å². The van der Waals surface area contributed by atoms with Crippen LogP contribution >= 0.6 is 22.6 Å². The van der Waals surface area contributed by atoms with E-state index < -0.39 is 11.7 Å². The Kier molecular flexibility index (Phi) is 8.91. The molecule has 0 spiro atoms. The highest BCUT2D eigenvalue weighted by Crippen LogP contribution is 2.14. The molecule has 7 heteroatoms. The van der Waals surface area contributed by atoms with Crippen LogP contribution < -0.4 is 4.74 Å². The number of nitrogens with zero attached hydrogens (tertiary/aromatic N) is 2. The van der Waals surface area contributed by atoms with Crippen molar-refractivity contribution < 1.29 is 19.1 Å². The number of amides is 2. The Morgan fingerprint density at radius 1 is 1.15 bits per heavy atom. The molecular weight excluding hydrogens is 447 g/mol. The van der Waals surface area contributed by atoms with Crippen LogP contribution in [-0.2, 0) is 9.53 Å². The van der Waals surface area contributed by atoms with Gasteiger partial charge in [-0.1, -0.05) is 6.08 Å². The van der Waals surface area contributed by atoms with Crippen LogP contribution in [0.1, 0.15) is 20.8 Å². The van der Waals surface area contributed by atoms with Gasteiger partial charge in [0.2, 0.25) is 5.91 Å². The summed E-state index contributed by atoms with van der Waals surface area (Å²) in [6.07, 6.45) is 2.65. The topological polar surface area (TPSA) is 59.1 Å². The molecule has 0 radical (unpaired) electrons. The van der Waals surface area contributed by atoms with E-state index in [9.17, 15) is 9.59 Å². The fraction of sp³-hybridized carbons (Fsp3) is 0.474. The molecule has 0 N–H and O–H groups in total. The molecular formula is C19H27IN2O4. The summed E-state index contributed by atoms with van der Waals surface area (Å²) in [5.74, 6) is 0.608. The first kappa shape index (κ1) is 22.3. The highest BCUT2D eigenvalue weighted by Gasteiger charge is 2.21. The van der Waals surface area contributed by atoms with Gasteiger partial charge in [-0.3, -0.25) is 4.79 Å². The molecule has 0 aliphatic carbocycles. The Balaban J connectivity index is 2.65. The molecule has 0 atom stereocenters. The normalized spacial score (nSPS) is 11.3. The number of rotatable bonds is 7. The summed E-state index contributed by atoms with van der Waals surface area (Å²) < 4.78 is 12.2. The minimum absolute atomic E-state index is 0.135. The number of halogens is 1. The Hall–Kier alpha value is -1.77. The Morgan fingerprint density at radius 3 is 2.31 bits per heavy atom. The fourth-order valence-corrected chi connectivity index (χ4v) is 2.18. The van der Waals surface area contributed by atoms with Crippen molar-refractivity contribution in [3.05, 3.63) is 40.0 Å². The maximum absolute atomic E-state index is 12.4. The lowest BCUT2D eigenvalue weighted by molar-refractivity contribution is -0.123. The molecule has 0 aliphatic heterocycles.